The standard InChI is InChI=1S/C29H45N5O16/c1-11(25(45)31-12(2)26(46)34-15(7-18(30)39)27(47)33-14-5-3-13(8-35)4-6-14)32-28(48)22(43)21(42)24(16(38)9-36)50-29-23(44)20(41)19(40)17(10-37)49-29/h3-6,11-12,15-17,19-24,29,35-38,40-44H,7-10H2,1-2H3,(H2,30,39)(H,31,45)(H,32,48)(H,33,47)(H,34,46)/t11?,12?,15?,16-,17-,19+,20+,21+,22-,23-,24+,29+/m1/s1. The number of anilines is 1. The molecule has 1 aromatic carbocycles. The molecule has 50 heavy (non-hydrogen) atoms. The first-order valence-corrected chi connectivity index (χ1v) is 15.3. The number of carbonyl (C=O) groups excluding carboxylic acids is 5. The average Bonchev–Trinajstić information content (AvgIpc) is 3.08. The van der Waals surface area contributed by atoms with Gasteiger partial charge < -0.3 is 82.4 Å². The Bertz CT molecular complexity index is 1300. The molecule has 0 spiro atoms. The first-order valence-electron chi connectivity index (χ1n) is 15.3. The van der Waals surface area contributed by atoms with Crippen molar-refractivity contribution in [3.8, 4) is 0 Å². The van der Waals surface area contributed by atoms with E-state index in [0.29, 0.717) is 5.56 Å². The van der Waals surface area contributed by atoms with E-state index >= 15 is 0 Å². The Labute approximate surface area is 285 Å². The average molecular weight is 720 g/mol. The monoisotopic (exact) mass is 719 g/mol. The topological polar surface area (TPSA) is 360 Å². The molecule has 0 aromatic heterocycles. The van der Waals surface area contributed by atoms with Crippen LogP contribution in [0.3, 0.4) is 0 Å². The van der Waals surface area contributed by atoms with Gasteiger partial charge in [-0.25, -0.2) is 0 Å². The van der Waals surface area contributed by atoms with Crippen LogP contribution in [0.5, 0.6) is 0 Å². The van der Waals surface area contributed by atoms with Crippen LogP contribution in [0.2, 0.25) is 0 Å². The Morgan fingerprint density at radius 3 is 1.90 bits per heavy atom. The van der Waals surface area contributed by atoms with Gasteiger partial charge in [0, 0.05) is 5.69 Å². The number of rotatable bonds is 18. The van der Waals surface area contributed by atoms with Gasteiger partial charge in [-0.2, -0.15) is 0 Å². The highest BCUT2D eigenvalue weighted by Gasteiger charge is 2.47. The lowest BCUT2D eigenvalue weighted by Gasteiger charge is -2.42. The van der Waals surface area contributed by atoms with Crippen molar-refractivity contribution in [3.05, 3.63) is 29.8 Å². The third kappa shape index (κ3) is 11.6. The van der Waals surface area contributed by atoms with Gasteiger partial charge in [-0.05, 0) is 31.5 Å². The minimum absolute atomic E-state index is 0.234. The smallest absolute Gasteiger partial charge is 0.252 e. The number of aliphatic hydroxyl groups excluding tert-OH is 9. The van der Waals surface area contributed by atoms with Crippen LogP contribution in [-0.2, 0) is 40.1 Å². The maximum Gasteiger partial charge on any atom is 0.252 e. The Hall–Kier alpha value is -3.87. The summed E-state index contributed by atoms with van der Waals surface area (Å²) >= 11 is 0. The second kappa shape index (κ2) is 19.5. The molecule has 1 heterocycles. The van der Waals surface area contributed by atoms with Gasteiger partial charge in [0.1, 0.15) is 60.9 Å². The van der Waals surface area contributed by atoms with Gasteiger partial charge in [-0.1, -0.05) is 12.1 Å². The number of nitrogens with two attached hydrogens (primary N) is 1. The molecule has 2 rings (SSSR count). The molecule has 12 atom stereocenters. The van der Waals surface area contributed by atoms with E-state index in [-0.39, 0.29) is 12.3 Å². The fraction of sp³-hybridized carbons (Fsp3) is 0.621. The summed E-state index contributed by atoms with van der Waals surface area (Å²) in [5, 5.41) is 98.5. The molecule has 1 fully saturated rings. The number of carbonyl (C=O) groups is 5. The number of ether oxygens (including phenoxy) is 2. The summed E-state index contributed by atoms with van der Waals surface area (Å²) in [6.07, 6.45) is -18.6. The van der Waals surface area contributed by atoms with Crippen molar-refractivity contribution in [3.63, 3.8) is 0 Å². The van der Waals surface area contributed by atoms with Crippen molar-refractivity contribution in [2.24, 2.45) is 5.73 Å². The van der Waals surface area contributed by atoms with E-state index in [4.69, 9.17) is 20.3 Å². The van der Waals surface area contributed by atoms with Crippen LogP contribution in [0.25, 0.3) is 0 Å². The van der Waals surface area contributed by atoms with E-state index in [2.05, 4.69) is 21.3 Å². The van der Waals surface area contributed by atoms with Crippen molar-refractivity contribution in [1.82, 2.24) is 16.0 Å². The normalized spacial score (nSPS) is 24.7. The van der Waals surface area contributed by atoms with Crippen molar-refractivity contribution in [2.75, 3.05) is 18.5 Å². The van der Waals surface area contributed by atoms with Gasteiger partial charge in [-0.3, -0.25) is 24.0 Å². The first kappa shape index (κ1) is 42.3. The van der Waals surface area contributed by atoms with Gasteiger partial charge >= 0.3 is 0 Å². The highest BCUT2D eigenvalue weighted by molar-refractivity contribution is 6.00. The number of aliphatic hydroxyl groups is 9. The van der Waals surface area contributed by atoms with E-state index in [1.807, 2.05) is 0 Å². The molecule has 1 aliphatic heterocycles. The number of primary amides is 1. The Balaban J connectivity index is 2.01. The minimum atomic E-state index is -2.46. The van der Waals surface area contributed by atoms with Gasteiger partial charge in [0.25, 0.3) is 5.91 Å². The molecular formula is C29H45N5O16. The summed E-state index contributed by atoms with van der Waals surface area (Å²) in [4.78, 5) is 62.6. The largest absolute Gasteiger partial charge is 0.394 e. The van der Waals surface area contributed by atoms with Gasteiger partial charge in [-0.15, -0.1) is 0 Å². The fourth-order valence-corrected chi connectivity index (χ4v) is 4.57. The van der Waals surface area contributed by atoms with E-state index in [9.17, 15) is 64.8 Å². The molecule has 0 saturated carbocycles. The van der Waals surface area contributed by atoms with Crippen LogP contribution in [0.4, 0.5) is 5.69 Å². The third-order valence-electron chi connectivity index (χ3n) is 7.58. The first-order chi connectivity index (χ1) is 23.4. The molecule has 0 radical (unpaired) electrons. The number of hydrogen-bond donors (Lipinski definition) is 14. The minimum Gasteiger partial charge on any atom is -0.394 e. The molecule has 1 aromatic rings. The molecule has 0 bridgehead atoms. The zero-order valence-electron chi connectivity index (χ0n) is 27.0. The second-order valence-corrected chi connectivity index (χ2v) is 11.5. The van der Waals surface area contributed by atoms with Gasteiger partial charge in [0.2, 0.25) is 23.6 Å². The molecule has 15 N–H and O–H groups in total. The molecule has 0 aliphatic carbocycles. The quantitative estimate of drug-likeness (QED) is 0.0670. The second-order valence-electron chi connectivity index (χ2n) is 11.5. The molecule has 1 aliphatic rings. The van der Waals surface area contributed by atoms with Crippen LogP contribution >= 0.6 is 0 Å². The van der Waals surface area contributed by atoms with Crippen LogP contribution < -0.4 is 27.0 Å². The van der Waals surface area contributed by atoms with E-state index in [0.717, 1.165) is 6.92 Å². The molecule has 1 saturated heterocycles. The summed E-state index contributed by atoms with van der Waals surface area (Å²) in [7, 11) is 0. The Morgan fingerprint density at radius 2 is 1.38 bits per heavy atom. The van der Waals surface area contributed by atoms with Crippen molar-refractivity contribution >= 4 is 35.2 Å². The zero-order valence-corrected chi connectivity index (χ0v) is 27.0. The molecule has 282 valence electrons. The summed E-state index contributed by atoms with van der Waals surface area (Å²) in [6, 6.07) is 1.70. The van der Waals surface area contributed by atoms with Crippen LogP contribution in [0.1, 0.15) is 25.8 Å². The lowest BCUT2D eigenvalue weighted by molar-refractivity contribution is -0.326. The maximum absolute atomic E-state index is 12.8. The molecular weight excluding hydrogens is 674 g/mol. The van der Waals surface area contributed by atoms with Crippen molar-refractivity contribution < 1.29 is 79.4 Å². The third-order valence-corrected chi connectivity index (χ3v) is 7.58. The highest BCUT2D eigenvalue weighted by Crippen LogP contribution is 2.25. The zero-order chi connectivity index (χ0) is 37.9. The number of nitrogens with one attached hydrogen (secondary N) is 4. The van der Waals surface area contributed by atoms with Crippen LogP contribution in [0, 0.1) is 0 Å². The summed E-state index contributed by atoms with van der Waals surface area (Å²) < 4.78 is 10.4. The van der Waals surface area contributed by atoms with Crippen LogP contribution in [-0.4, -0.2) is 162 Å². The van der Waals surface area contributed by atoms with Crippen LogP contribution in [0.15, 0.2) is 24.3 Å². The fourth-order valence-electron chi connectivity index (χ4n) is 4.57. The van der Waals surface area contributed by atoms with E-state index in [1.54, 1.807) is 0 Å². The van der Waals surface area contributed by atoms with Crippen molar-refractivity contribution in [2.45, 2.75) is 100 Å². The number of benzene rings is 1. The van der Waals surface area contributed by atoms with Gasteiger partial charge in [0.05, 0.1) is 26.2 Å². The lowest BCUT2D eigenvalue weighted by Crippen LogP contribution is -2.62. The van der Waals surface area contributed by atoms with Gasteiger partial charge in [0.15, 0.2) is 12.4 Å². The number of amides is 5. The predicted molar refractivity (Wildman–Crippen MR) is 166 cm³/mol. The Kier molecular flexibility index (Phi) is 16.5. The molecule has 21 heteroatoms. The summed E-state index contributed by atoms with van der Waals surface area (Å²) in [5.74, 6) is -5.08. The predicted octanol–water partition coefficient (Wildman–Crippen LogP) is -7.25. The molecule has 5 amide bonds. The summed E-state index contributed by atoms with van der Waals surface area (Å²) in [6.45, 7) is 0.155. The number of hydrogen-bond acceptors (Lipinski definition) is 16. The molecule has 3 unspecified atom stereocenters. The summed E-state index contributed by atoms with van der Waals surface area (Å²) in [5.41, 5.74) is 6.07. The van der Waals surface area contributed by atoms with E-state index in [1.165, 1.54) is 31.2 Å². The van der Waals surface area contributed by atoms with E-state index < -0.39 is 122 Å². The lowest BCUT2D eigenvalue weighted by atomic mass is 9.98. The maximum atomic E-state index is 12.8. The SMILES string of the molecule is CC(NC(=O)C(C)NC(=O)[C@H](O)[C@H](O)[C@@H](O[C@@H]1O[C@H](CO)[C@H](O)[C@H](O)[C@H]1O)[C@H](O)CO)C(=O)NC(CC(N)=O)C(=O)Nc1ccc(CO)cc1. The molecule has 21 nitrogen and oxygen atoms in total. The Morgan fingerprint density at radius 1 is 0.820 bits per heavy atom. The highest BCUT2D eigenvalue weighted by atomic mass is 16.7. The van der Waals surface area contributed by atoms with Crippen molar-refractivity contribution in [1.29, 1.82) is 0 Å².